The van der Waals surface area contributed by atoms with Gasteiger partial charge >= 0.3 is 0 Å². The fourth-order valence-corrected chi connectivity index (χ4v) is 1.78. The number of hydrogen-bond donors (Lipinski definition) is 7. The molecule has 2 aromatic rings. The largest absolute Gasteiger partial charge is 0.394 e. The van der Waals surface area contributed by atoms with Crippen LogP contribution < -0.4 is 11.3 Å². The molecule has 0 bridgehead atoms. The van der Waals surface area contributed by atoms with Gasteiger partial charge in [-0.3, -0.25) is 4.79 Å². The van der Waals surface area contributed by atoms with Crippen molar-refractivity contribution in [3.63, 3.8) is 0 Å². The van der Waals surface area contributed by atoms with Gasteiger partial charge in [-0.05, 0) is 12.1 Å². The number of nitrogen functional groups attached to an aromatic ring is 1. The SMILES string of the molecule is Nc1cc2ccccc2[nH]c1=O.O=CC(O)C(O)C(O)C(O)CO. The molecule has 24 heavy (non-hydrogen) atoms. The molecule has 0 amide bonds. The van der Waals surface area contributed by atoms with E-state index in [9.17, 15) is 9.59 Å². The molecule has 1 heterocycles. The van der Waals surface area contributed by atoms with E-state index in [4.69, 9.17) is 31.3 Å². The Morgan fingerprint density at radius 3 is 2.33 bits per heavy atom. The van der Waals surface area contributed by atoms with E-state index < -0.39 is 31.0 Å². The van der Waals surface area contributed by atoms with Crippen molar-refractivity contribution in [3.05, 3.63) is 40.7 Å². The van der Waals surface area contributed by atoms with E-state index >= 15 is 0 Å². The fourth-order valence-electron chi connectivity index (χ4n) is 1.78. The lowest BCUT2D eigenvalue weighted by Crippen LogP contribution is -2.46. The van der Waals surface area contributed by atoms with Crippen LogP contribution in [-0.4, -0.2) is 67.8 Å². The summed E-state index contributed by atoms with van der Waals surface area (Å²) in [6.45, 7) is -0.760. The number of nitrogens with two attached hydrogens (primary N) is 1. The second-order valence-electron chi connectivity index (χ2n) is 5.00. The maximum Gasteiger partial charge on any atom is 0.271 e. The number of aromatic amines is 1. The lowest BCUT2D eigenvalue weighted by Gasteiger charge is -2.22. The van der Waals surface area contributed by atoms with E-state index in [0.29, 0.717) is 0 Å². The van der Waals surface area contributed by atoms with Crippen molar-refractivity contribution in [1.29, 1.82) is 0 Å². The van der Waals surface area contributed by atoms with Crippen LogP contribution in [0.2, 0.25) is 0 Å². The summed E-state index contributed by atoms with van der Waals surface area (Å²) in [4.78, 5) is 23.6. The van der Waals surface area contributed by atoms with Crippen molar-refractivity contribution >= 4 is 22.9 Å². The average Bonchev–Trinajstić information content (AvgIpc) is 2.60. The molecule has 0 aliphatic rings. The lowest BCUT2D eigenvalue weighted by molar-refractivity contribution is -0.136. The highest BCUT2D eigenvalue weighted by molar-refractivity contribution is 5.80. The number of nitrogens with one attached hydrogen (secondary N) is 1. The van der Waals surface area contributed by atoms with Gasteiger partial charge in [-0.15, -0.1) is 0 Å². The quantitative estimate of drug-likeness (QED) is 0.298. The van der Waals surface area contributed by atoms with Crippen LogP contribution in [0.15, 0.2) is 35.1 Å². The highest BCUT2D eigenvalue weighted by Crippen LogP contribution is 2.10. The summed E-state index contributed by atoms with van der Waals surface area (Å²) in [6, 6.07) is 9.19. The minimum absolute atomic E-state index is 0.0258. The summed E-state index contributed by atoms with van der Waals surface area (Å²) in [5, 5.41) is 44.5. The molecule has 4 unspecified atom stereocenters. The Morgan fingerprint density at radius 2 is 1.75 bits per heavy atom. The molecule has 9 heteroatoms. The molecule has 0 saturated carbocycles. The first-order valence-electron chi connectivity index (χ1n) is 6.97. The van der Waals surface area contributed by atoms with Crippen LogP contribution in [0.3, 0.4) is 0 Å². The number of H-pyrrole nitrogens is 1. The maximum absolute atomic E-state index is 11.1. The normalized spacial score (nSPS) is 15.7. The molecule has 0 aliphatic heterocycles. The number of hydrogen-bond acceptors (Lipinski definition) is 8. The molecule has 1 aromatic carbocycles. The van der Waals surface area contributed by atoms with Crippen molar-refractivity contribution in [2.75, 3.05) is 12.3 Å². The second kappa shape index (κ2) is 9.11. The third-order valence-electron chi connectivity index (χ3n) is 3.20. The molecule has 9 nitrogen and oxygen atoms in total. The van der Waals surface area contributed by atoms with Crippen molar-refractivity contribution in [2.24, 2.45) is 0 Å². The monoisotopic (exact) mass is 340 g/mol. The molecule has 2 rings (SSSR count). The van der Waals surface area contributed by atoms with Gasteiger partial charge in [0.05, 0.1) is 12.3 Å². The first-order chi connectivity index (χ1) is 11.3. The number of aromatic nitrogens is 1. The Morgan fingerprint density at radius 1 is 1.12 bits per heavy atom. The number of anilines is 1. The average molecular weight is 340 g/mol. The molecule has 132 valence electrons. The molecule has 1 aromatic heterocycles. The van der Waals surface area contributed by atoms with Gasteiger partial charge in [0.1, 0.15) is 24.4 Å². The lowest BCUT2D eigenvalue weighted by atomic mass is 10.0. The van der Waals surface area contributed by atoms with Crippen molar-refractivity contribution in [3.8, 4) is 0 Å². The van der Waals surface area contributed by atoms with Gasteiger partial charge in [0.2, 0.25) is 0 Å². The van der Waals surface area contributed by atoms with Crippen LogP contribution in [0.25, 0.3) is 10.9 Å². The van der Waals surface area contributed by atoms with Gasteiger partial charge in [-0.25, -0.2) is 0 Å². The van der Waals surface area contributed by atoms with E-state index in [2.05, 4.69) is 4.98 Å². The molecule has 0 aliphatic carbocycles. The minimum atomic E-state index is -1.79. The van der Waals surface area contributed by atoms with Gasteiger partial charge in [0.25, 0.3) is 5.56 Å². The van der Waals surface area contributed by atoms with Crippen molar-refractivity contribution in [1.82, 2.24) is 4.98 Å². The standard InChI is InChI=1S/C9H8N2O.C6H12O6/c10-7-5-6-3-1-2-4-8(6)11-9(7)12;7-1-3(9)5(11)6(12)4(10)2-8/h1-5H,10H2,(H,11,12);1,3-6,8-12H,2H2. The first kappa shape index (κ1) is 19.7. The maximum atomic E-state index is 11.1. The molecule has 0 fully saturated rings. The summed E-state index contributed by atoms with van der Waals surface area (Å²) in [5.74, 6) is 0. The zero-order chi connectivity index (χ0) is 18.3. The van der Waals surface area contributed by atoms with Gasteiger partial charge in [0.15, 0.2) is 6.29 Å². The van der Waals surface area contributed by atoms with Crippen molar-refractivity contribution < 1.29 is 30.3 Å². The molecule has 8 N–H and O–H groups in total. The number of fused-ring (bicyclic) bond motifs is 1. The Kier molecular flexibility index (Phi) is 7.49. The zero-order valence-corrected chi connectivity index (χ0v) is 12.6. The predicted octanol–water partition coefficient (Wildman–Crippen LogP) is -2.27. The van der Waals surface area contributed by atoms with Gasteiger partial charge in [0, 0.05) is 10.9 Å². The van der Waals surface area contributed by atoms with Gasteiger partial charge in [-0.2, -0.15) is 0 Å². The molecule has 0 radical (unpaired) electrons. The number of para-hydroxylation sites is 1. The van der Waals surface area contributed by atoms with E-state index in [1.807, 2.05) is 24.3 Å². The number of aliphatic hydroxyl groups excluding tert-OH is 5. The molecular weight excluding hydrogens is 320 g/mol. The van der Waals surface area contributed by atoms with Crippen molar-refractivity contribution in [2.45, 2.75) is 24.4 Å². The number of benzene rings is 1. The van der Waals surface area contributed by atoms with Crippen LogP contribution in [0.5, 0.6) is 0 Å². The number of pyridine rings is 1. The van der Waals surface area contributed by atoms with Crippen LogP contribution in [0.4, 0.5) is 5.69 Å². The number of carbonyl (C=O) groups excluding carboxylic acids is 1. The third kappa shape index (κ3) is 5.11. The van der Waals surface area contributed by atoms with Crippen LogP contribution in [0.1, 0.15) is 0 Å². The topological polar surface area (TPSA) is 177 Å². The van der Waals surface area contributed by atoms with Crippen LogP contribution >= 0.6 is 0 Å². The second-order valence-corrected chi connectivity index (χ2v) is 5.00. The van der Waals surface area contributed by atoms with Gasteiger partial charge < -0.3 is 41.0 Å². The fraction of sp³-hybridized carbons (Fsp3) is 0.333. The van der Waals surface area contributed by atoms with E-state index in [1.165, 1.54) is 0 Å². The van der Waals surface area contributed by atoms with E-state index in [0.717, 1.165) is 10.9 Å². The third-order valence-corrected chi connectivity index (χ3v) is 3.20. The zero-order valence-electron chi connectivity index (χ0n) is 12.6. The summed E-state index contributed by atoms with van der Waals surface area (Å²) in [5.41, 5.74) is 6.29. The summed E-state index contributed by atoms with van der Waals surface area (Å²) >= 11 is 0. The number of carbonyl (C=O) groups is 1. The first-order valence-corrected chi connectivity index (χ1v) is 6.97. The molecule has 4 atom stereocenters. The Balaban J connectivity index is 0.000000240. The summed E-state index contributed by atoms with van der Waals surface area (Å²) in [6.07, 6.45) is -6.84. The Hall–Kier alpha value is -2.30. The minimum Gasteiger partial charge on any atom is -0.394 e. The summed E-state index contributed by atoms with van der Waals surface area (Å²) in [7, 11) is 0. The van der Waals surface area contributed by atoms with Gasteiger partial charge in [-0.1, -0.05) is 18.2 Å². The number of rotatable bonds is 5. The number of aldehydes is 1. The highest BCUT2D eigenvalue weighted by Gasteiger charge is 2.29. The predicted molar refractivity (Wildman–Crippen MR) is 86.2 cm³/mol. The van der Waals surface area contributed by atoms with E-state index in [-0.39, 0.29) is 17.5 Å². The smallest absolute Gasteiger partial charge is 0.271 e. The molecule has 0 saturated heterocycles. The Labute approximate surface area is 136 Å². The summed E-state index contributed by atoms with van der Waals surface area (Å²) < 4.78 is 0. The highest BCUT2D eigenvalue weighted by atomic mass is 16.4. The van der Waals surface area contributed by atoms with Crippen LogP contribution in [0, 0.1) is 0 Å². The molecular formula is C15H20N2O7. The molecule has 0 spiro atoms. The van der Waals surface area contributed by atoms with E-state index in [1.54, 1.807) is 6.07 Å². The van der Waals surface area contributed by atoms with Crippen LogP contribution in [-0.2, 0) is 4.79 Å². The number of aliphatic hydroxyl groups is 5. The Bertz CT molecular complexity index is 718.